The maximum atomic E-state index is 6.43. The largest absolute Gasteiger partial charge is 0.436 e. The molecule has 11 aromatic rings. The fourth-order valence-corrected chi connectivity index (χ4v) is 9.21. The SMILES string of the molecule is c1ccc(-c2ccc(-c3ccc(N(c4ccc(-c5ccccc5)cc4)c4cc(-c5nc6ccccc6o5)cc5sc6cc7ccccc7cc6c45)cc3)cc2)cc1. The van der Waals surface area contributed by atoms with Gasteiger partial charge in [-0.25, -0.2) is 4.98 Å². The van der Waals surface area contributed by atoms with E-state index >= 15 is 0 Å². The van der Waals surface area contributed by atoms with Crippen molar-refractivity contribution in [3.63, 3.8) is 0 Å². The van der Waals surface area contributed by atoms with Crippen molar-refractivity contribution >= 4 is 70.4 Å². The molecule has 0 saturated heterocycles. The van der Waals surface area contributed by atoms with Crippen LogP contribution in [0.25, 0.3) is 86.9 Å². The second-order valence-electron chi connectivity index (χ2n) is 14.4. The number of para-hydroxylation sites is 2. The summed E-state index contributed by atoms with van der Waals surface area (Å²) < 4.78 is 8.85. The van der Waals surface area contributed by atoms with Crippen LogP contribution in [0.4, 0.5) is 17.1 Å². The van der Waals surface area contributed by atoms with Crippen LogP contribution >= 0.6 is 11.3 Å². The topological polar surface area (TPSA) is 29.3 Å². The summed E-state index contributed by atoms with van der Waals surface area (Å²) in [7, 11) is 0. The van der Waals surface area contributed by atoms with E-state index in [9.17, 15) is 0 Å². The van der Waals surface area contributed by atoms with E-state index in [4.69, 9.17) is 9.40 Å². The molecule has 0 radical (unpaired) electrons. The van der Waals surface area contributed by atoms with Crippen LogP contribution in [0, 0.1) is 0 Å². The van der Waals surface area contributed by atoms with Gasteiger partial charge >= 0.3 is 0 Å². The molecule has 11 rings (SSSR count). The number of hydrogen-bond donors (Lipinski definition) is 0. The van der Waals surface area contributed by atoms with Crippen molar-refractivity contribution in [3.05, 3.63) is 206 Å². The molecule has 9 aromatic carbocycles. The minimum atomic E-state index is 0.607. The summed E-state index contributed by atoms with van der Waals surface area (Å²) >= 11 is 1.82. The average Bonchev–Trinajstić information content (AvgIpc) is 3.88. The van der Waals surface area contributed by atoms with E-state index < -0.39 is 0 Å². The van der Waals surface area contributed by atoms with Gasteiger partial charge in [-0.1, -0.05) is 146 Å². The summed E-state index contributed by atoms with van der Waals surface area (Å²) in [5.41, 5.74) is 12.9. The van der Waals surface area contributed by atoms with Crippen molar-refractivity contribution in [1.29, 1.82) is 0 Å². The normalized spacial score (nSPS) is 11.5. The van der Waals surface area contributed by atoms with Crippen molar-refractivity contribution in [2.45, 2.75) is 0 Å². The molecule has 0 fully saturated rings. The summed E-state index contributed by atoms with van der Waals surface area (Å²) in [5, 5.41) is 4.89. The Bertz CT molecular complexity index is 3170. The van der Waals surface area contributed by atoms with Crippen LogP contribution < -0.4 is 4.90 Å². The van der Waals surface area contributed by atoms with Gasteiger partial charge in [0.05, 0.1) is 5.69 Å². The van der Waals surface area contributed by atoms with Gasteiger partial charge in [0.15, 0.2) is 5.58 Å². The van der Waals surface area contributed by atoms with Gasteiger partial charge in [0.25, 0.3) is 0 Å². The Morgan fingerprint density at radius 3 is 1.47 bits per heavy atom. The van der Waals surface area contributed by atoms with E-state index in [2.05, 4.69) is 187 Å². The maximum Gasteiger partial charge on any atom is 0.227 e. The van der Waals surface area contributed by atoms with Crippen LogP contribution in [0.2, 0.25) is 0 Å². The third-order valence-electron chi connectivity index (χ3n) is 10.9. The van der Waals surface area contributed by atoms with E-state index in [1.807, 2.05) is 35.6 Å². The number of anilines is 3. The molecule has 57 heavy (non-hydrogen) atoms. The lowest BCUT2D eigenvalue weighted by Gasteiger charge is -2.27. The highest BCUT2D eigenvalue weighted by Gasteiger charge is 2.22. The monoisotopic (exact) mass is 746 g/mol. The van der Waals surface area contributed by atoms with E-state index in [0.29, 0.717) is 5.89 Å². The van der Waals surface area contributed by atoms with Gasteiger partial charge in [0.1, 0.15) is 5.52 Å². The smallest absolute Gasteiger partial charge is 0.227 e. The molecule has 0 amide bonds. The van der Waals surface area contributed by atoms with Crippen LogP contribution in [0.15, 0.2) is 211 Å². The van der Waals surface area contributed by atoms with Crippen LogP contribution in [-0.4, -0.2) is 4.98 Å². The molecule has 3 nitrogen and oxygen atoms in total. The van der Waals surface area contributed by atoms with Gasteiger partial charge < -0.3 is 9.32 Å². The lowest BCUT2D eigenvalue weighted by Crippen LogP contribution is -2.10. The van der Waals surface area contributed by atoms with Crippen molar-refractivity contribution in [2.24, 2.45) is 0 Å². The number of fused-ring (bicyclic) bond motifs is 5. The van der Waals surface area contributed by atoms with E-state index in [1.54, 1.807) is 0 Å². The molecule has 0 aliphatic carbocycles. The van der Waals surface area contributed by atoms with Gasteiger partial charge in [-0.15, -0.1) is 11.3 Å². The van der Waals surface area contributed by atoms with Gasteiger partial charge in [0, 0.05) is 37.1 Å². The average molecular weight is 747 g/mol. The van der Waals surface area contributed by atoms with Crippen molar-refractivity contribution < 1.29 is 4.42 Å². The third kappa shape index (κ3) is 6.04. The summed E-state index contributed by atoms with van der Waals surface area (Å²) in [5.74, 6) is 0.607. The van der Waals surface area contributed by atoms with Crippen LogP contribution in [0.1, 0.15) is 0 Å². The lowest BCUT2D eigenvalue weighted by molar-refractivity contribution is 0.620. The second-order valence-corrected chi connectivity index (χ2v) is 15.5. The molecule has 0 aliphatic heterocycles. The zero-order valence-corrected chi connectivity index (χ0v) is 31.7. The molecule has 0 bridgehead atoms. The molecule has 268 valence electrons. The highest BCUT2D eigenvalue weighted by Crippen LogP contribution is 2.48. The van der Waals surface area contributed by atoms with Gasteiger partial charge in [0.2, 0.25) is 5.89 Å². The fourth-order valence-electron chi connectivity index (χ4n) is 8.01. The molecular formula is C53H34N2OS. The van der Waals surface area contributed by atoms with Gasteiger partial charge in [-0.3, -0.25) is 0 Å². The molecule has 0 N–H and O–H groups in total. The molecule has 0 unspecified atom stereocenters. The first-order valence-electron chi connectivity index (χ1n) is 19.2. The summed E-state index contributed by atoms with van der Waals surface area (Å²) in [6.45, 7) is 0. The quantitative estimate of drug-likeness (QED) is 0.163. The molecular weight excluding hydrogens is 713 g/mol. The van der Waals surface area contributed by atoms with Crippen LogP contribution in [0.3, 0.4) is 0 Å². The van der Waals surface area contributed by atoms with E-state index in [-0.39, 0.29) is 0 Å². The predicted octanol–water partition coefficient (Wildman–Crippen LogP) is 15.5. The Morgan fingerprint density at radius 2 is 0.895 bits per heavy atom. The predicted molar refractivity (Wildman–Crippen MR) is 241 cm³/mol. The number of hydrogen-bond acceptors (Lipinski definition) is 4. The minimum Gasteiger partial charge on any atom is -0.436 e. The van der Waals surface area contributed by atoms with Crippen LogP contribution in [0.5, 0.6) is 0 Å². The fraction of sp³-hybridized carbons (Fsp3) is 0. The first-order chi connectivity index (χ1) is 28.2. The zero-order valence-electron chi connectivity index (χ0n) is 30.8. The first kappa shape index (κ1) is 33.1. The second kappa shape index (κ2) is 13.8. The van der Waals surface area contributed by atoms with E-state index in [0.717, 1.165) is 39.3 Å². The summed E-state index contributed by atoms with van der Waals surface area (Å²) in [6, 6.07) is 73.6. The molecule has 0 spiro atoms. The Kier molecular flexibility index (Phi) is 8.01. The Balaban J connectivity index is 1.11. The minimum absolute atomic E-state index is 0.607. The number of rotatable bonds is 7. The van der Waals surface area contributed by atoms with E-state index in [1.165, 1.54) is 58.8 Å². The lowest BCUT2D eigenvalue weighted by atomic mass is 9.99. The number of thiophene rings is 1. The molecule has 0 atom stereocenters. The molecule has 2 heterocycles. The molecule has 0 saturated carbocycles. The third-order valence-corrected chi connectivity index (χ3v) is 12.0. The summed E-state index contributed by atoms with van der Waals surface area (Å²) in [6.07, 6.45) is 0. The first-order valence-corrected chi connectivity index (χ1v) is 20.0. The molecule has 0 aliphatic rings. The number of benzene rings is 9. The maximum absolute atomic E-state index is 6.43. The van der Waals surface area contributed by atoms with Crippen LogP contribution in [-0.2, 0) is 0 Å². The highest BCUT2D eigenvalue weighted by molar-refractivity contribution is 7.26. The Hall–Kier alpha value is -7.27. The van der Waals surface area contributed by atoms with Crippen molar-refractivity contribution in [1.82, 2.24) is 4.98 Å². The van der Waals surface area contributed by atoms with Crippen molar-refractivity contribution in [3.8, 4) is 44.8 Å². The number of oxazole rings is 1. The number of aromatic nitrogens is 1. The Morgan fingerprint density at radius 1 is 0.404 bits per heavy atom. The Labute approximate surface area is 334 Å². The standard InChI is InChI=1S/C53H34N2OS/c1-3-11-35(12-4-1)37-19-21-38(22-20-37)40-25-29-45(30-26-40)55(44-27-23-39(24-28-44)36-13-5-2-6-14-36)48-32-43(53-54-47-17-9-10-18-49(47)56-53)34-51-52(48)46-31-41-15-7-8-16-42(41)33-50(46)57-51/h1-34H. The van der Waals surface area contributed by atoms with Gasteiger partial charge in [-0.05, 0) is 105 Å². The zero-order chi connectivity index (χ0) is 37.7. The van der Waals surface area contributed by atoms with Crippen molar-refractivity contribution in [2.75, 3.05) is 4.90 Å². The summed E-state index contributed by atoms with van der Waals surface area (Å²) in [4.78, 5) is 7.37. The molecule has 4 heteroatoms. The molecule has 2 aromatic heterocycles. The number of nitrogens with zero attached hydrogens (tertiary/aromatic N) is 2. The highest BCUT2D eigenvalue weighted by atomic mass is 32.1. The van der Waals surface area contributed by atoms with Gasteiger partial charge in [-0.2, -0.15) is 0 Å².